The van der Waals surface area contributed by atoms with Crippen LogP contribution in [0.2, 0.25) is 0 Å². The molecule has 0 amide bonds. The normalized spacial score (nSPS) is 10.7. The lowest BCUT2D eigenvalue weighted by Crippen LogP contribution is -1.97. The van der Waals surface area contributed by atoms with Gasteiger partial charge in [-0.2, -0.15) is 5.10 Å². The van der Waals surface area contributed by atoms with Gasteiger partial charge in [-0.25, -0.2) is 4.79 Å². The predicted molar refractivity (Wildman–Crippen MR) is 61.9 cm³/mol. The third-order valence-electron chi connectivity index (χ3n) is 2.42. The van der Waals surface area contributed by atoms with Crippen molar-refractivity contribution in [1.29, 1.82) is 0 Å². The summed E-state index contributed by atoms with van der Waals surface area (Å²) in [5.41, 5.74) is 0.562. The van der Waals surface area contributed by atoms with Gasteiger partial charge >= 0.3 is 5.97 Å². The van der Waals surface area contributed by atoms with Crippen LogP contribution in [0.5, 0.6) is 0 Å². The van der Waals surface area contributed by atoms with E-state index in [2.05, 4.69) is 5.10 Å². The van der Waals surface area contributed by atoms with Gasteiger partial charge in [-0.1, -0.05) is 6.92 Å². The minimum atomic E-state index is -0.989. The summed E-state index contributed by atoms with van der Waals surface area (Å²) in [5.74, 6) is 0.243. The van der Waals surface area contributed by atoms with Crippen molar-refractivity contribution >= 4 is 5.97 Å². The third kappa shape index (κ3) is 2.22. The van der Waals surface area contributed by atoms with Gasteiger partial charge in [0.05, 0.1) is 0 Å². The summed E-state index contributed by atoms with van der Waals surface area (Å²) >= 11 is 0. The second kappa shape index (κ2) is 4.45. The van der Waals surface area contributed by atoms with E-state index in [1.54, 1.807) is 23.0 Å². The summed E-state index contributed by atoms with van der Waals surface area (Å²) in [6, 6.07) is 3.53. The fourth-order valence-corrected chi connectivity index (χ4v) is 1.67. The van der Waals surface area contributed by atoms with Crippen LogP contribution >= 0.6 is 0 Å². The van der Waals surface area contributed by atoms with E-state index in [0.717, 1.165) is 12.2 Å². The predicted octanol–water partition coefficient (Wildman–Crippen LogP) is 2.56. The lowest BCUT2D eigenvalue weighted by atomic mass is 10.2. The molecule has 0 fully saturated rings. The number of aromatic nitrogens is 2. The van der Waals surface area contributed by atoms with E-state index in [1.807, 2.05) is 13.8 Å². The Balaban J connectivity index is 2.47. The molecule has 0 saturated carbocycles. The van der Waals surface area contributed by atoms with E-state index in [-0.39, 0.29) is 5.56 Å². The van der Waals surface area contributed by atoms with Crippen LogP contribution in [0.4, 0.5) is 0 Å². The molecule has 2 heterocycles. The molecule has 17 heavy (non-hydrogen) atoms. The van der Waals surface area contributed by atoms with Crippen molar-refractivity contribution in [2.45, 2.75) is 26.8 Å². The monoisotopic (exact) mass is 234 g/mol. The maximum absolute atomic E-state index is 11.1. The number of nitrogens with zero attached hydrogens (tertiary/aromatic N) is 2. The lowest BCUT2D eigenvalue weighted by molar-refractivity contribution is 0.0697. The molecule has 1 N–H and O–H groups in total. The number of hydrogen-bond donors (Lipinski definition) is 1. The Morgan fingerprint density at radius 2 is 2.29 bits per heavy atom. The van der Waals surface area contributed by atoms with Crippen molar-refractivity contribution in [2.24, 2.45) is 0 Å². The minimum Gasteiger partial charge on any atom is -0.478 e. The molecule has 2 rings (SSSR count). The molecule has 0 aliphatic carbocycles. The number of aromatic carboxylic acids is 1. The van der Waals surface area contributed by atoms with Gasteiger partial charge in [-0.05, 0) is 25.5 Å². The summed E-state index contributed by atoms with van der Waals surface area (Å²) in [7, 11) is 0. The van der Waals surface area contributed by atoms with Crippen molar-refractivity contribution in [3.05, 3.63) is 29.7 Å². The zero-order valence-electron chi connectivity index (χ0n) is 9.80. The first-order chi connectivity index (χ1) is 8.11. The number of furan rings is 1. The number of aryl methyl sites for hydroxylation is 2. The first-order valence-electron chi connectivity index (χ1n) is 5.49. The number of carboxylic acids is 1. The fourth-order valence-electron chi connectivity index (χ4n) is 1.67. The minimum absolute atomic E-state index is 0.174. The largest absolute Gasteiger partial charge is 0.478 e. The zero-order valence-corrected chi connectivity index (χ0v) is 9.80. The number of carboxylic acid groups (broad SMARTS) is 1. The van der Waals surface area contributed by atoms with Gasteiger partial charge in [0, 0.05) is 12.7 Å². The highest BCUT2D eigenvalue weighted by atomic mass is 16.4. The quantitative estimate of drug-likeness (QED) is 0.882. The lowest BCUT2D eigenvalue weighted by Gasteiger charge is -1.95. The van der Waals surface area contributed by atoms with E-state index < -0.39 is 5.97 Å². The Morgan fingerprint density at radius 3 is 2.82 bits per heavy atom. The Bertz CT molecular complexity index is 540. The van der Waals surface area contributed by atoms with Crippen LogP contribution < -0.4 is 0 Å². The van der Waals surface area contributed by atoms with Gasteiger partial charge in [-0.15, -0.1) is 0 Å². The molecule has 0 atom stereocenters. The third-order valence-corrected chi connectivity index (χ3v) is 2.42. The molecule has 5 nitrogen and oxygen atoms in total. The standard InChI is InChI=1S/C12H14N2O3/c1-3-6-14-7-9(12(15)16)11(13-14)10-5-4-8(2)17-10/h4-5,7H,3,6H2,1-2H3,(H,15,16). The van der Waals surface area contributed by atoms with Crippen LogP contribution in [-0.2, 0) is 6.54 Å². The van der Waals surface area contributed by atoms with Crippen molar-refractivity contribution in [3.8, 4) is 11.5 Å². The highest BCUT2D eigenvalue weighted by Crippen LogP contribution is 2.24. The maximum Gasteiger partial charge on any atom is 0.339 e. The van der Waals surface area contributed by atoms with Gasteiger partial charge in [0.1, 0.15) is 17.0 Å². The Morgan fingerprint density at radius 1 is 1.53 bits per heavy atom. The van der Waals surface area contributed by atoms with Gasteiger partial charge in [0.25, 0.3) is 0 Å². The number of rotatable bonds is 4. The van der Waals surface area contributed by atoms with Gasteiger partial charge in [0.2, 0.25) is 0 Å². The first kappa shape index (κ1) is 11.4. The molecule has 0 aromatic carbocycles. The Labute approximate surface area is 98.7 Å². The molecule has 0 unspecified atom stereocenters. The Kier molecular flexibility index (Phi) is 2.99. The molecule has 0 radical (unpaired) electrons. The topological polar surface area (TPSA) is 68.3 Å². The Hall–Kier alpha value is -2.04. The second-order valence-electron chi connectivity index (χ2n) is 3.87. The SMILES string of the molecule is CCCn1cc(C(=O)O)c(-c2ccc(C)o2)n1. The summed E-state index contributed by atoms with van der Waals surface area (Å²) in [6.07, 6.45) is 2.44. The highest BCUT2D eigenvalue weighted by Gasteiger charge is 2.19. The molecule has 5 heteroatoms. The molecule has 0 aliphatic heterocycles. The highest BCUT2D eigenvalue weighted by molar-refractivity contribution is 5.93. The number of carbonyl (C=O) groups is 1. The second-order valence-corrected chi connectivity index (χ2v) is 3.87. The molecule has 0 spiro atoms. The molecule has 2 aromatic rings. The average Bonchev–Trinajstić information content (AvgIpc) is 2.84. The smallest absolute Gasteiger partial charge is 0.339 e. The summed E-state index contributed by atoms with van der Waals surface area (Å²) in [5, 5.41) is 13.4. The zero-order chi connectivity index (χ0) is 12.4. The molecule has 90 valence electrons. The van der Waals surface area contributed by atoms with Crippen LogP contribution in [-0.4, -0.2) is 20.9 Å². The van der Waals surface area contributed by atoms with E-state index in [0.29, 0.717) is 18.0 Å². The molecule has 0 bridgehead atoms. The van der Waals surface area contributed by atoms with Crippen LogP contribution in [0, 0.1) is 6.92 Å². The van der Waals surface area contributed by atoms with Crippen molar-refractivity contribution in [2.75, 3.05) is 0 Å². The molecular weight excluding hydrogens is 220 g/mol. The van der Waals surface area contributed by atoms with Crippen LogP contribution in [0.15, 0.2) is 22.7 Å². The molecule has 0 aliphatic rings. The van der Waals surface area contributed by atoms with Gasteiger partial charge in [0.15, 0.2) is 5.76 Å². The molecule has 0 saturated heterocycles. The van der Waals surface area contributed by atoms with E-state index in [4.69, 9.17) is 9.52 Å². The van der Waals surface area contributed by atoms with E-state index >= 15 is 0 Å². The average molecular weight is 234 g/mol. The van der Waals surface area contributed by atoms with Crippen LogP contribution in [0.25, 0.3) is 11.5 Å². The first-order valence-corrected chi connectivity index (χ1v) is 5.49. The van der Waals surface area contributed by atoms with Crippen LogP contribution in [0.1, 0.15) is 29.5 Å². The molecular formula is C12H14N2O3. The molecule has 2 aromatic heterocycles. The summed E-state index contributed by atoms with van der Waals surface area (Å²) < 4.78 is 7.05. The van der Waals surface area contributed by atoms with Crippen LogP contribution in [0.3, 0.4) is 0 Å². The fraction of sp³-hybridized carbons (Fsp3) is 0.333. The van der Waals surface area contributed by atoms with Crippen molar-refractivity contribution in [1.82, 2.24) is 9.78 Å². The van der Waals surface area contributed by atoms with Gasteiger partial charge < -0.3 is 9.52 Å². The van der Waals surface area contributed by atoms with E-state index in [1.165, 1.54) is 0 Å². The van der Waals surface area contributed by atoms with Crippen molar-refractivity contribution in [3.63, 3.8) is 0 Å². The van der Waals surface area contributed by atoms with Crippen molar-refractivity contribution < 1.29 is 14.3 Å². The van der Waals surface area contributed by atoms with E-state index in [9.17, 15) is 4.79 Å². The summed E-state index contributed by atoms with van der Waals surface area (Å²) in [4.78, 5) is 11.1. The summed E-state index contributed by atoms with van der Waals surface area (Å²) in [6.45, 7) is 4.52. The number of hydrogen-bond acceptors (Lipinski definition) is 3. The maximum atomic E-state index is 11.1. The van der Waals surface area contributed by atoms with Gasteiger partial charge in [-0.3, -0.25) is 4.68 Å².